The van der Waals surface area contributed by atoms with Gasteiger partial charge in [-0.05, 0) is 37.6 Å². The van der Waals surface area contributed by atoms with Gasteiger partial charge in [0.05, 0.1) is 29.3 Å². The second-order valence-electron chi connectivity index (χ2n) is 8.90. The van der Waals surface area contributed by atoms with Gasteiger partial charge in [-0.1, -0.05) is 48.0 Å². The van der Waals surface area contributed by atoms with Crippen molar-refractivity contribution in [3.05, 3.63) is 77.5 Å². The van der Waals surface area contributed by atoms with Crippen molar-refractivity contribution < 1.29 is 13.2 Å². The molecule has 7 nitrogen and oxygen atoms in total. The summed E-state index contributed by atoms with van der Waals surface area (Å²) >= 11 is 0. The molecule has 5 rings (SSSR count). The molecule has 0 saturated carbocycles. The molecule has 1 N–H and O–H groups in total. The number of benzene rings is 2. The van der Waals surface area contributed by atoms with Crippen LogP contribution in [-0.4, -0.2) is 54.0 Å². The molecule has 34 heavy (non-hydrogen) atoms. The highest BCUT2D eigenvalue weighted by atomic mass is 32.2. The molecule has 0 spiro atoms. The number of fused-ring (bicyclic) bond motifs is 5. The summed E-state index contributed by atoms with van der Waals surface area (Å²) in [5, 5.41) is 5.71. The van der Waals surface area contributed by atoms with Crippen molar-refractivity contribution >= 4 is 32.5 Å². The molecular weight excluding hydrogens is 448 g/mol. The number of carbonyl (C=O) groups excluding carboxylic acids is 1. The van der Waals surface area contributed by atoms with Gasteiger partial charge in [0.2, 0.25) is 5.91 Å². The van der Waals surface area contributed by atoms with Crippen LogP contribution in [0.3, 0.4) is 0 Å². The molecule has 0 radical (unpaired) electrons. The number of aryl methyl sites for hydroxylation is 1. The van der Waals surface area contributed by atoms with Crippen molar-refractivity contribution in [2.24, 2.45) is 11.0 Å². The number of rotatable bonds is 4. The largest absolute Gasteiger partial charge is 0.353 e. The molecule has 1 aromatic heterocycles. The molecule has 176 valence electrons. The highest BCUT2D eigenvalue weighted by Crippen LogP contribution is 2.30. The zero-order valence-electron chi connectivity index (χ0n) is 19.4. The molecule has 1 atom stereocenters. The van der Waals surface area contributed by atoms with Gasteiger partial charge < -0.3 is 9.88 Å². The van der Waals surface area contributed by atoms with E-state index >= 15 is 0 Å². The molecule has 0 unspecified atom stereocenters. The lowest BCUT2D eigenvalue weighted by molar-refractivity contribution is -0.130. The molecule has 1 amide bonds. The lowest BCUT2D eigenvalue weighted by Gasteiger charge is -2.28. The number of aromatic nitrogens is 1. The number of nitrogens with zero attached hydrogens (tertiary/aromatic N) is 3. The maximum absolute atomic E-state index is 13.5. The number of para-hydroxylation sites is 1. The average molecular weight is 477 g/mol. The number of amides is 1. The van der Waals surface area contributed by atoms with E-state index in [-0.39, 0.29) is 29.7 Å². The predicted octanol–water partition coefficient (Wildman–Crippen LogP) is 3.85. The van der Waals surface area contributed by atoms with E-state index in [2.05, 4.69) is 11.1 Å². The molecule has 2 aliphatic rings. The molecule has 2 aromatic carbocycles. The van der Waals surface area contributed by atoms with E-state index in [4.69, 9.17) is 5.10 Å². The Morgan fingerprint density at radius 1 is 1.15 bits per heavy atom. The second-order valence-corrected chi connectivity index (χ2v) is 10.7. The van der Waals surface area contributed by atoms with E-state index in [0.717, 1.165) is 27.7 Å². The van der Waals surface area contributed by atoms with E-state index < -0.39 is 10.0 Å². The lowest BCUT2D eigenvalue weighted by atomic mass is 9.96. The molecular formula is C26H28N4O3S. The second kappa shape index (κ2) is 8.76. The number of nitrogens with one attached hydrogen (secondary N) is 1. The number of hydrogen-bond acceptors (Lipinski definition) is 4. The van der Waals surface area contributed by atoms with Gasteiger partial charge in [-0.3, -0.25) is 4.79 Å². The summed E-state index contributed by atoms with van der Waals surface area (Å²) < 4.78 is 28.1. The summed E-state index contributed by atoms with van der Waals surface area (Å²) in [7, 11) is -3.83. The van der Waals surface area contributed by atoms with Gasteiger partial charge in [0, 0.05) is 36.3 Å². The minimum absolute atomic E-state index is 0.0644. The first-order valence-electron chi connectivity index (χ1n) is 11.6. The molecule has 0 aliphatic carbocycles. The van der Waals surface area contributed by atoms with Gasteiger partial charge >= 0.3 is 0 Å². The van der Waals surface area contributed by atoms with Crippen LogP contribution in [0.4, 0.5) is 0 Å². The van der Waals surface area contributed by atoms with Crippen LogP contribution in [0.15, 0.2) is 70.7 Å². The van der Waals surface area contributed by atoms with Crippen molar-refractivity contribution in [1.82, 2.24) is 14.3 Å². The van der Waals surface area contributed by atoms with Crippen molar-refractivity contribution in [2.45, 2.75) is 31.6 Å². The summed E-state index contributed by atoms with van der Waals surface area (Å²) in [6.07, 6.45) is 4.90. The zero-order chi connectivity index (χ0) is 23.9. The third-order valence-electron chi connectivity index (χ3n) is 6.53. The van der Waals surface area contributed by atoms with Gasteiger partial charge in [-0.15, -0.1) is 0 Å². The molecule has 2 bridgehead atoms. The Balaban J connectivity index is 1.67. The van der Waals surface area contributed by atoms with Gasteiger partial charge in [-0.2, -0.15) is 17.9 Å². The summed E-state index contributed by atoms with van der Waals surface area (Å²) in [6, 6.07) is 14.7. The average Bonchev–Trinajstić information content (AvgIpc) is 3.20. The Morgan fingerprint density at radius 3 is 2.68 bits per heavy atom. The fraction of sp³-hybridized carbons (Fsp3) is 0.308. The van der Waals surface area contributed by atoms with Crippen LogP contribution in [0.1, 0.15) is 30.2 Å². The Hall–Kier alpha value is -3.39. The lowest BCUT2D eigenvalue weighted by Crippen LogP contribution is -2.38. The van der Waals surface area contributed by atoms with Crippen LogP contribution >= 0.6 is 0 Å². The Labute approximate surface area is 199 Å². The van der Waals surface area contributed by atoms with Gasteiger partial charge in [0.25, 0.3) is 10.0 Å². The molecule has 0 fully saturated rings. The van der Waals surface area contributed by atoms with Gasteiger partial charge in [0.1, 0.15) is 0 Å². The fourth-order valence-electron chi connectivity index (χ4n) is 4.73. The van der Waals surface area contributed by atoms with Crippen LogP contribution in [0.5, 0.6) is 0 Å². The number of hydrazone groups is 1. The maximum atomic E-state index is 13.5. The Kier molecular flexibility index (Phi) is 5.77. The highest BCUT2D eigenvalue weighted by molar-refractivity contribution is 7.89. The van der Waals surface area contributed by atoms with Crippen LogP contribution in [0.2, 0.25) is 0 Å². The topological polar surface area (TPSA) is 85.8 Å². The Morgan fingerprint density at radius 2 is 1.91 bits per heavy atom. The summed E-state index contributed by atoms with van der Waals surface area (Å²) in [4.78, 5) is 18.7. The predicted molar refractivity (Wildman–Crippen MR) is 133 cm³/mol. The minimum atomic E-state index is -3.83. The third-order valence-corrected chi connectivity index (χ3v) is 8.29. The number of sulfonamides is 1. The first-order valence-corrected chi connectivity index (χ1v) is 13.0. The zero-order valence-corrected chi connectivity index (χ0v) is 20.2. The molecule has 0 saturated heterocycles. The number of hydrogen-bond donors (Lipinski definition) is 1. The summed E-state index contributed by atoms with van der Waals surface area (Å²) in [5.74, 6) is 0.135. The standard InChI is InChI=1S/C26H28N4O3S/c1-3-30(34(32,33)20-12-10-18(2)11-13-20)28-24-15-19-7-6-14-29(17-19)25(31)16-22-21-8-4-5-9-23(21)27-26(22)24/h4-13,19,27H,3,14-17H2,1-2H3/b28-24+/t19-/m1/s1. The van der Waals surface area contributed by atoms with Crippen molar-refractivity contribution in [3.8, 4) is 0 Å². The molecule has 8 heteroatoms. The van der Waals surface area contributed by atoms with E-state index in [1.54, 1.807) is 31.2 Å². The van der Waals surface area contributed by atoms with Crippen molar-refractivity contribution in [3.63, 3.8) is 0 Å². The SMILES string of the molecule is CCN(/N=C1\C[C@H]2C=CCN(C2)C(=O)Cc2c1[nH]c1ccccc21)S(=O)(=O)c1ccc(C)cc1. The first-order chi connectivity index (χ1) is 16.4. The number of aromatic amines is 1. The maximum Gasteiger partial charge on any atom is 0.278 e. The number of H-pyrrole nitrogens is 1. The Bertz CT molecular complexity index is 1400. The smallest absolute Gasteiger partial charge is 0.278 e. The van der Waals surface area contributed by atoms with E-state index in [9.17, 15) is 13.2 Å². The van der Waals surface area contributed by atoms with E-state index in [1.165, 1.54) is 4.41 Å². The van der Waals surface area contributed by atoms with Crippen LogP contribution in [0, 0.1) is 12.8 Å². The third kappa shape index (κ3) is 4.03. The van der Waals surface area contributed by atoms with E-state index in [1.807, 2.05) is 42.2 Å². The fourth-order valence-corrected chi connectivity index (χ4v) is 6.00. The van der Waals surface area contributed by atoms with Gasteiger partial charge in [0.15, 0.2) is 0 Å². The summed E-state index contributed by atoms with van der Waals surface area (Å²) in [6.45, 7) is 5.10. The minimum Gasteiger partial charge on any atom is -0.353 e. The quantitative estimate of drug-likeness (QED) is 0.458. The van der Waals surface area contributed by atoms with Gasteiger partial charge in [-0.25, -0.2) is 0 Å². The van der Waals surface area contributed by atoms with Crippen LogP contribution < -0.4 is 0 Å². The monoisotopic (exact) mass is 476 g/mol. The number of carbonyl (C=O) groups is 1. The van der Waals surface area contributed by atoms with E-state index in [0.29, 0.717) is 25.2 Å². The molecule has 2 aliphatic heterocycles. The summed E-state index contributed by atoms with van der Waals surface area (Å²) in [5.41, 5.74) is 4.17. The van der Waals surface area contributed by atoms with Crippen molar-refractivity contribution in [1.29, 1.82) is 0 Å². The molecule has 3 aromatic rings. The highest BCUT2D eigenvalue weighted by Gasteiger charge is 2.30. The molecule has 3 heterocycles. The normalized spacial score (nSPS) is 19.6. The van der Waals surface area contributed by atoms with Crippen LogP contribution in [0.25, 0.3) is 10.9 Å². The first kappa shape index (κ1) is 22.4. The van der Waals surface area contributed by atoms with Crippen LogP contribution in [-0.2, 0) is 21.2 Å². The van der Waals surface area contributed by atoms with Crippen molar-refractivity contribution in [2.75, 3.05) is 19.6 Å².